The Balaban J connectivity index is 1.75. The molecule has 0 amide bonds. The van der Waals surface area contributed by atoms with Crippen LogP contribution >= 0.6 is 0 Å². The third-order valence-corrected chi connectivity index (χ3v) is 3.61. The van der Waals surface area contributed by atoms with Crippen molar-refractivity contribution in [1.82, 2.24) is 5.32 Å². The lowest BCUT2D eigenvalue weighted by atomic mass is 10.1. The van der Waals surface area contributed by atoms with E-state index in [1.165, 1.54) is 44.1 Å². The predicted octanol–water partition coefficient (Wildman–Crippen LogP) is 3.55. The summed E-state index contributed by atoms with van der Waals surface area (Å²) in [6.07, 6.45) is 7.59. The van der Waals surface area contributed by atoms with Crippen LogP contribution in [0.5, 0.6) is 5.75 Å². The van der Waals surface area contributed by atoms with Gasteiger partial charge in [-0.15, -0.1) is 0 Å². The maximum absolute atomic E-state index is 5.84. The van der Waals surface area contributed by atoms with Gasteiger partial charge in [-0.1, -0.05) is 31.9 Å². The molecule has 1 aliphatic heterocycles. The fourth-order valence-electron chi connectivity index (χ4n) is 2.40. The lowest BCUT2D eigenvalue weighted by Gasteiger charge is -2.23. The van der Waals surface area contributed by atoms with Crippen LogP contribution in [0.1, 0.15) is 44.6 Å². The zero-order valence-electron chi connectivity index (χ0n) is 11.5. The topological polar surface area (TPSA) is 21.3 Å². The summed E-state index contributed by atoms with van der Waals surface area (Å²) in [4.78, 5) is 0. The zero-order valence-corrected chi connectivity index (χ0v) is 11.5. The van der Waals surface area contributed by atoms with Crippen molar-refractivity contribution in [2.24, 2.45) is 0 Å². The lowest BCUT2D eigenvalue weighted by Crippen LogP contribution is -2.38. The standard InChI is InChI=1S/C16H25NO/c1-2-3-6-14-8-10-16(11-9-14)18-13-15-7-4-5-12-17-15/h8-11,15,17H,2-7,12-13H2,1H3. The van der Waals surface area contributed by atoms with Crippen LogP contribution < -0.4 is 10.1 Å². The molecule has 18 heavy (non-hydrogen) atoms. The van der Waals surface area contributed by atoms with Crippen molar-refractivity contribution in [2.75, 3.05) is 13.2 Å². The first kappa shape index (κ1) is 13.4. The Labute approximate surface area is 111 Å². The normalized spacial score (nSPS) is 19.7. The largest absolute Gasteiger partial charge is 0.492 e. The molecule has 0 bridgehead atoms. The third-order valence-electron chi connectivity index (χ3n) is 3.61. The van der Waals surface area contributed by atoms with Gasteiger partial charge in [0.05, 0.1) is 0 Å². The summed E-state index contributed by atoms with van der Waals surface area (Å²) in [5.74, 6) is 1.00. The van der Waals surface area contributed by atoms with E-state index in [4.69, 9.17) is 4.74 Å². The highest BCUT2D eigenvalue weighted by molar-refractivity contribution is 5.27. The summed E-state index contributed by atoms with van der Waals surface area (Å²) >= 11 is 0. The maximum Gasteiger partial charge on any atom is 0.119 e. The van der Waals surface area contributed by atoms with Gasteiger partial charge in [0.25, 0.3) is 0 Å². The molecular weight excluding hydrogens is 222 g/mol. The molecule has 1 atom stereocenters. The van der Waals surface area contributed by atoms with Crippen LogP contribution in [0.2, 0.25) is 0 Å². The number of nitrogens with one attached hydrogen (secondary N) is 1. The van der Waals surface area contributed by atoms with Crippen LogP contribution in [0.3, 0.4) is 0 Å². The highest BCUT2D eigenvalue weighted by Gasteiger charge is 2.12. The van der Waals surface area contributed by atoms with Gasteiger partial charge in [-0.3, -0.25) is 0 Å². The number of benzene rings is 1. The van der Waals surface area contributed by atoms with E-state index in [0.717, 1.165) is 18.9 Å². The van der Waals surface area contributed by atoms with Crippen LogP contribution in [0.25, 0.3) is 0 Å². The highest BCUT2D eigenvalue weighted by atomic mass is 16.5. The Kier molecular flexibility index (Phi) is 5.53. The molecule has 0 saturated carbocycles. The molecule has 2 nitrogen and oxygen atoms in total. The summed E-state index contributed by atoms with van der Waals surface area (Å²) in [5, 5.41) is 3.50. The molecule has 0 radical (unpaired) electrons. The van der Waals surface area contributed by atoms with Crippen molar-refractivity contribution < 1.29 is 4.74 Å². The van der Waals surface area contributed by atoms with Gasteiger partial charge in [0, 0.05) is 6.04 Å². The summed E-state index contributed by atoms with van der Waals surface area (Å²) in [6.45, 7) is 4.17. The summed E-state index contributed by atoms with van der Waals surface area (Å²) < 4.78 is 5.84. The van der Waals surface area contributed by atoms with Crippen molar-refractivity contribution >= 4 is 0 Å². The minimum Gasteiger partial charge on any atom is -0.492 e. The first-order chi connectivity index (χ1) is 8.88. The molecular formula is C16H25NO. The van der Waals surface area contributed by atoms with Gasteiger partial charge in [0.2, 0.25) is 0 Å². The number of rotatable bonds is 6. The number of aryl methyl sites for hydroxylation is 1. The van der Waals surface area contributed by atoms with Gasteiger partial charge >= 0.3 is 0 Å². The molecule has 1 unspecified atom stereocenters. The van der Waals surface area contributed by atoms with Crippen LogP contribution in [0.15, 0.2) is 24.3 Å². The van der Waals surface area contributed by atoms with Crippen LogP contribution in [0, 0.1) is 0 Å². The maximum atomic E-state index is 5.84. The minimum absolute atomic E-state index is 0.540. The fraction of sp³-hybridized carbons (Fsp3) is 0.625. The number of hydrogen-bond acceptors (Lipinski definition) is 2. The summed E-state index contributed by atoms with van der Waals surface area (Å²) in [7, 11) is 0. The van der Waals surface area contributed by atoms with Crippen LogP contribution in [-0.2, 0) is 6.42 Å². The molecule has 2 heteroatoms. The number of unbranched alkanes of at least 4 members (excludes halogenated alkanes) is 1. The molecule has 1 heterocycles. The average Bonchev–Trinajstić information content (AvgIpc) is 2.45. The molecule has 1 fully saturated rings. The van der Waals surface area contributed by atoms with Crippen molar-refractivity contribution in [2.45, 2.75) is 51.5 Å². The Bertz CT molecular complexity index is 327. The van der Waals surface area contributed by atoms with Crippen molar-refractivity contribution in [3.63, 3.8) is 0 Å². The molecule has 0 aliphatic carbocycles. The second kappa shape index (κ2) is 7.42. The quantitative estimate of drug-likeness (QED) is 0.830. The second-order valence-electron chi connectivity index (χ2n) is 5.21. The van der Waals surface area contributed by atoms with E-state index in [1.807, 2.05) is 0 Å². The predicted molar refractivity (Wildman–Crippen MR) is 76.2 cm³/mol. The first-order valence-electron chi connectivity index (χ1n) is 7.33. The Morgan fingerprint density at radius 2 is 2.06 bits per heavy atom. The second-order valence-corrected chi connectivity index (χ2v) is 5.21. The van der Waals surface area contributed by atoms with Crippen LogP contribution in [0.4, 0.5) is 0 Å². The number of piperidine rings is 1. The monoisotopic (exact) mass is 247 g/mol. The van der Waals surface area contributed by atoms with E-state index in [2.05, 4.69) is 36.5 Å². The van der Waals surface area contributed by atoms with Crippen molar-refractivity contribution in [3.05, 3.63) is 29.8 Å². The smallest absolute Gasteiger partial charge is 0.119 e. The molecule has 1 aliphatic rings. The molecule has 2 rings (SSSR count). The van der Waals surface area contributed by atoms with E-state index >= 15 is 0 Å². The van der Waals surface area contributed by atoms with E-state index < -0.39 is 0 Å². The number of hydrogen-bond donors (Lipinski definition) is 1. The van der Waals surface area contributed by atoms with E-state index in [-0.39, 0.29) is 0 Å². The summed E-state index contributed by atoms with van der Waals surface area (Å²) in [5.41, 5.74) is 1.42. The lowest BCUT2D eigenvalue weighted by molar-refractivity contribution is 0.239. The Hall–Kier alpha value is -1.02. The molecule has 0 aromatic heterocycles. The minimum atomic E-state index is 0.540. The van der Waals surface area contributed by atoms with Crippen molar-refractivity contribution in [3.8, 4) is 5.75 Å². The molecule has 100 valence electrons. The molecule has 0 spiro atoms. The van der Waals surface area contributed by atoms with E-state index in [1.54, 1.807) is 0 Å². The van der Waals surface area contributed by atoms with Gasteiger partial charge in [-0.05, 0) is 49.9 Å². The Morgan fingerprint density at radius 1 is 1.22 bits per heavy atom. The van der Waals surface area contributed by atoms with Crippen LogP contribution in [-0.4, -0.2) is 19.2 Å². The highest BCUT2D eigenvalue weighted by Crippen LogP contribution is 2.15. The van der Waals surface area contributed by atoms with Gasteiger partial charge in [-0.25, -0.2) is 0 Å². The third kappa shape index (κ3) is 4.34. The molecule has 1 aromatic carbocycles. The van der Waals surface area contributed by atoms with Gasteiger partial charge < -0.3 is 10.1 Å². The zero-order chi connectivity index (χ0) is 12.6. The molecule has 1 saturated heterocycles. The number of ether oxygens (including phenoxy) is 1. The fourth-order valence-corrected chi connectivity index (χ4v) is 2.40. The van der Waals surface area contributed by atoms with Crippen molar-refractivity contribution in [1.29, 1.82) is 0 Å². The van der Waals surface area contributed by atoms with Gasteiger partial charge in [0.15, 0.2) is 0 Å². The van der Waals surface area contributed by atoms with Gasteiger partial charge in [-0.2, -0.15) is 0 Å². The molecule has 1 aromatic rings. The first-order valence-corrected chi connectivity index (χ1v) is 7.33. The summed E-state index contributed by atoms with van der Waals surface area (Å²) in [6, 6.07) is 9.14. The van der Waals surface area contributed by atoms with E-state index in [9.17, 15) is 0 Å². The molecule has 1 N–H and O–H groups in total. The average molecular weight is 247 g/mol. The SMILES string of the molecule is CCCCc1ccc(OCC2CCCCN2)cc1. The van der Waals surface area contributed by atoms with Gasteiger partial charge in [0.1, 0.15) is 12.4 Å². The van der Waals surface area contributed by atoms with E-state index in [0.29, 0.717) is 6.04 Å². The Morgan fingerprint density at radius 3 is 2.72 bits per heavy atom.